The van der Waals surface area contributed by atoms with E-state index in [-0.39, 0.29) is 23.8 Å². The van der Waals surface area contributed by atoms with E-state index < -0.39 is 6.04 Å². The van der Waals surface area contributed by atoms with Crippen LogP contribution in [0.3, 0.4) is 0 Å². The fraction of sp³-hybridized carbons (Fsp3) is 0.667. The number of hydrogen-bond donors (Lipinski definition) is 2. The Bertz CT molecular complexity index is 558. The van der Waals surface area contributed by atoms with Gasteiger partial charge in [-0.15, -0.1) is 0 Å². The number of hydrogen-bond acceptors (Lipinski definition) is 5. The van der Waals surface area contributed by atoms with Crippen LogP contribution in [0.1, 0.15) is 20.8 Å². The van der Waals surface area contributed by atoms with Gasteiger partial charge in [-0.05, 0) is 5.41 Å². The molecule has 1 aliphatic heterocycles. The van der Waals surface area contributed by atoms with Gasteiger partial charge in [-0.2, -0.15) is 5.10 Å². The predicted molar refractivity (Wildman–Crippen MR) is 85.7 cm³/mol. The van der Waals surface area contributed by atoms with E-state index in [4.69, 9.17) is 10.5 Å². The van der Waals surface area contributed by atoms with Crippen molar-refractivity contribution in [2.75, 3.05) is 31.6 Å². The van der Waals surface area contributed by atoms with Gasteiger partial charge in [-0.1, -0.05) is 20.8 Å². The highest BCUT2D eigenvalue weighted by atomic mass is 16.5. The fourth-order valence-corrected chi connectivity index (χ4v) is 2.18. The van der Waals surface area contributed by atoms with E-state index in [0.29, 0.717) is 32.0 Å². The van der Waals surface area contributed by atoms with Gasteiger partial charge in [0.15, 0.2) is 0 Å². The van der Waals surface area contributed by atoms with Crippen molar-refractivity contribution in [1.82, 2.24) is 14.7 Å². The molecule has 2 amide bonds. The van der Waals surface area contributed by atoms with Crippen LogP contribution in [0.4, 0.5) is 5.69 Å². The van der Waals surface area contributed by atoms with E-state index in [1.807, 2.05) is 20.8 Å². The van der Waals surface area contributed by atoms with E-state index >= 15 is 0 Å². The molecule has 0 spiro atoms. The Kier molecular flexibility index (Phi) is 5.38. The van der Waals surface area contributed by atoms with Crippen molar-refractivity contribution in [1.29, 1.82) is 0 Å². The van der Waals surface area contributed by atoms with Gasteiger partial charge in [-0.25, -0.2) is 0 Å². The largest absolute Gasteiger partial charge is 0.378 e. The molecule has 1 fully saturated rings. The molecule has 0 aromatic carbocycles. The molecule has 1 aliphatic rings. The zero-order chi connectivity index (χ0) is 17.0. The summed E-state index contributed by atoms with van der Waals surface area (Å²) < 4.78 is 6.73. The summed E-state index contributed by atoms with van der Waals surface area (Å²) in [6.45, 7) is 8.19. The molecule has 0 aliphatic carbocycles. The summed E-state index contributed by atoms with van der Waals surface area (Å²) in [5.74, 6) is -0.280. The van der Waals surface area contributed by atoms with E-state index in [1.165, 1.54) is 10.9 Å². The molecule has 2 heterocycles. The number of ether oxygens (including phenoxy) is 1. The van der Waals surface area contributed by atoms with Crippen molar-refractivity contribution in [3.8, 4) is 0 Å². The van der Waals surface area contributed by atoms with Crippen molar-refractivity contribution in [2.24, 2.45) is 11.1 Å². The molecule has 128 valence electrons. The van der Waals surface area contributed by atoms with Gasteiger partial charge >= 0.3 is 0 Å². The highest BCUT2D eigenvalue weighted by molar-refractivity contribution is 5.95. The monoisotopic (exact) mass is 323 g/mol. The lowest BCUT2D eigenvalue weighted by atomic mass is 9.87. The maximum absolute atomic E-state index is 12.1. The van der Waals surface area contributed by atoms with E-state index in [9.17, 15) is 9.59 Å². The first kappa shape index (κ1) is 17.4. The van der Waals surface area contributed by atoms with Crippen LogP contribution in [-0.4, -0.2) is 58.8 Å². The third-order valence-electron chi connectivity index (χ3n) is 3.78. The standard InChI is InChI=1S/C15H25N5O3/c1-15(2,3)13(16)14(22)18-11-8-17-20(9-11)10-12(21)19-4-6-23-7-5-19/h8-9,13H,4-7,10,16H2,1-3H3,(H,18,22)/t13-/m1/s1. The third kappa shape index (κ3) is 4.77. The minimum Gasteiger partial charge on any atom is -0.378 e. The summed E-state index contributed by atoms with van der Waals surface area (Å²) in [5.41, 5.74) is 6.12. The number of nitrogens with two attached hydrogens (primary N) is 1. The van der Waals surface area contributed by atoms with Crippen LogP contribution >= 0.6 is 0 Å². The maximum atomic E-state index is 12.1. The number of carbonyl (C=O) groups is 2. The molecular formula is C15H25N5O3. The predicted octanol–water partition coefficient (Wildman–Crippen LogP) is 0.0538. The molecule has 23 heavy (non-hydrogen) atoms. The first-order chi connectivity index (χ1) is 10.8. The minimum absolute atomic E-state index is 0.0133. The van der Waals surface area contributed by atoms with Crippen LogP contribution < -0.4 is 11.1 Å². The second kappa shape index (κ2) is 7.10. The summed E-state index contributed by atoms with van der Waals surface area (Å²) in [6, 6.07) is -0.624. The number of anilines is 1. The Balaban J connectivity index is 1.90. The molecule has 1 atom stereocenters. The van der Waals surface area contributed by atoms with Gasteiger partial charge < -0.3 is 20.7 Å². The Morgan fingerprint density at radius 1 is 1.39 bits per heavy atom. The van der Waals surface area contributed by atoms with Gasteiger partial charge in [0.2, 0.25) is 11.8 Å². The SMILES string of the molecule is CC(C)(C)[C@H](N)C(=O)Nc1cnn(CC(=O)N2CCOCC2)c1. The molecule has 2 rings (SSSR count). The van der Waals surface area contributed by atoms with Crippen LogP contribution in [0.15, 0.2) is 12.4 Å². The van der Waals surface area contributed by atoms with Crippen molar-refractivity contribution >= 4 is 17.5 Å². The number of nitrogens with one attached hydrogen (secondary N) is 1. The quantitative estimate of drug-likeness (QED) is 0.815. The van der Waals surface area contributed by atoms with Gasteiger partial charge in [0.05, 0.1) is 31.1 Å². The molecule has 0 unspecified atom stereocenters. The van der Waals surface area contributed by atoms with Gasteiger partial charge in [0.25, 0.3) is 0 Å². The van der Waals surface area contributed by atoms with Crippen LogP contribution in [0.2, 0.25) is 0 Å². The van der Waals surface area contributed by atoms with Crippen molar-refractivity contribution in [3.05, 3.63) is 12.4 Å². The number of morpholine rings is 1. The van der Waals surface area contributed by atoms with Gasteiger partial charge in [0.1, 0.15) is 6.54 Å². The Morgan fingerprint density at radius 3 is 2.65 bits per heavy atom. The zero-order valence-corrected chi connectivity index (χ0v) is 13.9. The molecule has 1 saturated heterocycles. The summed E-state index contributed by atoms with van der Waals surface area (Å²) in [5, 5.41) is 6.84. The number of carbonyl (C=O) groups excluding carboxylic acids is 2. The zero-order valence-electron chi connectivity index (χ0n) is 13.9. The van der Waals surface area contributed by atoms with Gasteiger partial charge in [-0.3, -0.25) is 14.3 Å². The van der Waals surface area contributed by atoms with Crippen molar-refractivity contribution in [3.63, 3.8) is 0 Å². The van der Waals surface area contributed by atoms with E-state index in [2.05, 4.69) is 10.4 Å². The molecule has 0 radical (unpaired) electrons. The van der Waals surface area contributed by atoms with Crippen molar-refractivity contribution < 1.29 is 14.3 Å². The Labute approximate surface area is 135 Å². The number of nitrogens with zero attached hydrogens (tertiary/aromatic N) is 3. The molecular weight excluding hydrogens is 298 g/mol. The fourth-order valence-electron chi connectivity index (χ4n) is 2.18. The normalized spacial score (nSPS) is 17.0. The average Bonchev–Trinajstić information content (AvgIpc) is 2.93. The highest BCUT2D eigenvalue weighted by Gasteiger charge is 2.27. The lowest BCUT2D eigenvalue weighted by Crippen LogP contribution is -2.45. The summed E-state index contributed by atoms with van der Waals surface area (Å²) in [7, 11) is 0. The highest BCUT2D eigenvalue weighted by Crippen LogP contribution is 2.18. The first-order valence-electron chi connectivity index (χ1n) is 7.72. The minimum atomic E-state index is -0.624. The second-order valence-corrected chi connectivity index (χ2v) is 6.75. The van der Waals surface area contributed by atoms with E-state index in [1.54, 1.807) is 11.1 Å². The van der Waals surface area contributed by atoms with Crippen LogP contribution in [0.5, 0.6) is 0 Å². The smallest absolute Gasteiger partial charge is 0.244 e. The number of rotatable bonds is 4. The molecule has 0 bridgehead atoms. The van der Waals surface area contributed by atoms with Crippen LogP contribution in [0.25, 0.3) is 0 Å². The molecule has 1 aromatic heterocycles. The topological polar surface area (TPSA) is 102 Å². The molecule has 8 heteroatoms. The van der Waals surface area contributed by atoms with Gasteiger partial charge in [0, 0.05) is 19.3 Å². The third-order valence-corrected chi connectivity index (χ3v) is 3.78. The molecule has 1 aromatic rings. The van der Waals surface area contributed by atoms with E-state index in [0.717, 1.165) is 0 Å². The molecule has 3 N–H and O–H groups in total. The second-order valence-electron chi connectivity index (χ2n) is 6.75. The van der Waals surface area contributed by atoms with Crippen LogP contribution in [0, 0.1) is 5.41 Å². The average molecular weight is 323 g/mol. The number of aromatic nitrogens is 2. The Hall–Kier alpha value is -1.93. The maximum Gasteiger partial charge on any atom is 0.244 e. The summed E-state index contributed by atoms with van der Waals surface area (Å²) >= 11 is 0. The lowest BCUT2D eigenvalue weighted by Gasteiger charge is -2.26. The lowest BCUT2D eigenvalue weighted by molar-refractivity contribution is -0.136. The van der Waals surface area contributed by atoms with Crippen molar-refractivity contribution in [2.45, 2.75) is 33.4 Å². The van der Waals surface area contributed by atoms with Crippen LogP contribution in [-0.2, 0) is 20.9 Å². The molecule has 0 saturated carbocycles. The molecule has 8 nitrogen and oxygen atoms in total. The Morgan fingerprint density at radius 2 is 2.04 bits per heavy atom. The first-order valence-corrected chi connectivity index (χ1v) is 7.72. The number of amides is 2. The summed E-state index contributed by atoms with van der Waals surface area (Å²) in [6.07, 6.45) is 3.14. The summed E-state index contributed by atoms with van der Waals surface area (Å²) in [4.78, 5) is 26.0.